The second-order valence-electron chi connectivity index (χ2n) is 8.30. The number of aromatic nitrogens is 2. The van der Waals surface area contributed by atoms with E-state index in [1.807, 2.05) is 4.90 Å². The molecule has 7 nitrogen and oxygen atoms in total. The maximum atomic E-state index is 12.4. The molecule has 2 aromatic rings. The van der Waals surface area contributed by atoms with Crippen LogP contribution in [-0.4, -0.2) is 60.1 Å². The Morgan fingerprint density at radius 2 is 1.75 bits per heavy atom. The molecule has 1 aromatic carbocycles. The van der Waals surface area contributed by atoms with Crippen molar-refractivity contribution < 1.29 is 13.2 Å². The molecule has 1 saturated heterocycles. The summed E-state index contributed by atoms with van der Waals surface area (Å²) in [5.41, 5.74) is 2.49. The third kappa shape index (κ3) is 5.42. The van der Waals surface area contributed by atoms with Gasteiger partial charge in [-0.15, -0.1) is 0 Å². The number of hydrogen-bond donors (Lipinski definition) is 1. The fraction of sp³-hybridized carbons (Fsp3) is 0.500. The van der Waals surface area contributed by atoms with Crippen LogP contribution in [0.5, 0.6) is 0 Å². The van der Waals surface area contributed by atoms with Gasteiger partial charge in [-0.05, 0) is 16.5 Å². The number of sulfone groups is 1. The van der Waals surface area contributed by atoms with Crippen LogP contribution in [0.3, 0.4) is 0 Å². The molecule has 1 aromatic heterocycles. The van der Waals surface area contributed by atoms with Crippen molar-refractivity contribution in [2.24, 2.45) is 0 Å². The van der Waals surface area contributed by atoms with E-state index in [0.29, 0.717) is 25.5 Å². The number of hydrogen-bond acceptors (Lipinski definition) is 5. The standard InChI is InChI=1S/C20H28N4O3S/c1-20(2,3)17-6-4-16(5-7-17)14-24-18(8-9-21-24)22-19(25)15-23-10-12-28(26,27)13-11-23/h4-9H,10-15H2,1-3H3,(H,22,25). The van der Waals surface area contributed by atoms with Gasteiger partial charge in [-0.2, -0.15) is 5.10 Å². The monoisotopic (exact) mass is 404 g/mol. The summed E-state index contributed by atoms with van der Waals surface area (Å²) in [5, 5.41) is 7.20. The van der Waals surface area contributed by atoms with Crippen molar-refractivity contribution in [3.8, 4) is 0 Å². The van der Waals surface area contributed by atoms with Crippen LogP contribution in [0.2, 0.25) is 0 Å². The van der Waals surface area contributed by atoms with Crippen molar-refractivity contribution in [3.63, 3.8) is 0 Å². The number of amides is 1. The lowest BCUT2D eigenvalue weighted by atomic mass is 9.87. The summed E-state index contributed by atoms with van der Waals surface area (Å²) in [6, 6.07) is 10.2. The average Bonchev–Trinajstić information content (AvgIpc) is 3.03. The minimum absolute atomic E-state index is 0.108. The first-order valence-corrected chi connectivity index (χ1v) is 11.3. The molecule has 0 saturated carbocycles. The molecule has 1 amide bonds. The van der Waals surface area contributed by atoms with Crippen LogP contribution >= 0.6 is 0 Å². The van der Waals surface area contributed by atoms with Crippen LogP contribution in [0, 0.1) is 0 Å². The fourth-order valence-electron chi connectivity index (χ4n) is 3.14. The Bertz CT molecular complexity index is 913. The van der Waals surface area contributed by atoms with Crippen molar-refractivity contribution in [2.75, 3.05) is 36.5 Å². The Morgan fingerprint density at radius 3 is 2.36 bits per heavy atom. The predicted molar refractivity (Wildman–Crippen MR) is 110 cm³/mol. The van der Waals surface area contributed by atoms with Gasteiger partial charge in [0.15, 0.2) is 9.84 Å². The second-order valence-corrected chi connectivity index (χ2v) is 10.6. The number of anilines is 1. The van der Waals surface area contributed by atoms with Gasteiger partial charge in [0.2, 0.25) is 5.91 Å². The maximum Gasteiger partial charge on any atom is 0.239 e. The Kier molecular flexibility index (Phi) is 5.90. The molecular formula is C20H28N4O3S. The first kappa shape index (κ1) is 20.5. The van der Waals surface area contributed by atoms with Gasteiger partial charge in [0.25, 0.3) is 0 Å². The van der Waals surface area contributed by atoms with Gasteiger partial charge in [0.1, 0.15) is 5.82 Å². The van der Waals surface area contributed by atoms with Crippen molar-refractivity contribution in [1.82, 2.24) is 14.7 Å². The van der Waals surface area contributed by atoms with Gasteiger partial charge >= 0.3 is 0 Å². The highest BCUT2D eigenvalue weighted by Gasteiger charge is 2.23. The lowest BCUT2D eigenvalue weighted by Crippen LogP contribution is -2.44. The van der Waals surface area contributed by atoms with Crippen molar-refractivity contribution in [3.05, 3.63) is 47.7 Å². The van der Waals surface area contributed by atoms with E-state index in [4.69, 9.17) is 0 Å². The molecule has 0 atom stereocenters. The highest BCUT2D eigenvalue weighted by atomic mass is 32.2. The molecule has 1 N–H and O–H groups in total. The summed E-state index contributed by atoms with van der Waals surface area (Å²) in [6.07, 6.45) is 1.66. The van der Waals surface area contributed by atoms with Gasteiger partial charge in [-0.3, -0.25) is 9.69 Å². The van der Waals surface area contributed by atoms with E-state index in [1.54, 1.807) is 16.9 Å². The summed E-state index contributed by atoms with van der Waals surface area (Å²) in [6.45, 7) is 8.09. The normalized spacial score (nSPS) is 17.4. The van der Waals surface area contributed by atoms with Gasteiger partial charge in [0, 0.05) is 19.2 Å². The van der Waals surface area contributed by atoms with Crippen LogP contribution in [0.15, 0.2) is 36.5 Å². The molecule has 0 unspecified atom stereocenters. The zero-order valence-electron chi connectivity index (χ0n) is 16.7. The molecule has 152 valence electrons. The molecule has 0 spiro atoms. The zero-order valence-corrected chi connectivity index (χ0v) is 17.5. The minimum Gasteiger partial charge on any atom is -0.310 e. The Labute approximate surface area is 166 Å². The molecule has 28 heavy (non-hydrogen) atoms. The number of nitrogens with zero attached hydrogens (tertiary/aromatic N) is 3. The molecular weight excluding hydrogens is 376 g/mol. The average molecular weight is 405 g/mol. The summed E-state index contributed by atoms with van der Waals surface area (Å²) in [7, 11) is -2.94. The Hall–Kier alpha value is -2.19. The molecule has 0 aliphatic carbocycles. The van der Waals surface area contributed by atoms with E-state index in [-0.39, 0.29) is 29.4 Å². The Balaban J connectivity index is 1.58. The quantitative estimate of drug-likeness (QED) is 0.823. The Morgan fingerprint density at radius 1 is 1.11 bits per heavy atom. The van der Waals surface area contributed by atoms with Gasteiger partial charge < -0.3 is 5.32 Å². The molecule has 2 heterocycles. The predicted octanol–water partition coefficient (Wildman–Crippen LogP) is 1.90. The summed E-state index contributed by atoms with van der Waals surface area (Å²) < 4.78 is 24.7. The van der Waals surface area contributed by atoms with Crippen LogP contribution in [-0.2, 0) is 26.6 Å². The summed E-state index contributed by atoms with van der Waals surface area (Å²) >= 11 is 0. The van der Waals surface area contributed by atoms with Crippen LogP contribution in [0.1, 0.15) is 31.9 Å². The van der Waals surface area contributed by atoms with E-state index in [0.717, 1.165) is 5.56 Å². The molecule has 1 aliphatic heterocycles. The van der Waals surface area contributed by atoms with Crippen molar-refractivity contribution in [2.45, 2.75) is 32.7 Å². The molecule has 3 rings (SSSR count). The number of nitrogens with one attached hydrogen (secondary N) is 1. The molecule has 1 fully saturated rings. The fourth-order valence-corrected chi connectivity index (χ4v) is 4.42. The maximum absolute atomic E-state index is 12.4. The van der Waals surface area contributed by atoms with Crippen LogP contribution in [0.25, 0.3) is 0 Å². The van der Waals surface area contributed by atoms with Crippen LogP contribution < -0.4 is 5.32 Å². The van der Waals surface area contributed by atoms with E-state index in [1.165, 1.54) is 5.56 Å². The smallest absolute Gasteiger partial charge is 0.239 e. The highest BCUT2D eigenvalue weighted by molar-refractivity contribution is 7.91. The summed E-state index contributed by atoms with van der Waals surface area (Å²) in [4.78, 5) is 14.2. The van der Waals surface area contributed by atoms with E-state index in [9.17, 15) is 13.2 Å². The number of benzene rings is 1. The lowest BCUT2D eigenvalue weighted by Gasteiger charge is -2.25. The molecule has 0 bridgehead atoms. The van der Waals surface area contributed by atoms with E-state index >= 15 is 0 Å². The van der Waals surface area contributed by atoms with Gasteiger partial charge in [-0.25, -0.2) is 13.1 Å². The van der Waals surface area contributed by atoms with Gasteiger partial charge in [-0.1, -0.05) is 45.0 Å². The van der Waals surface area contributed by atoms with E-state index in [2.05, 4.69) is 55.5 Å². The summed E-state index contributed by atoms with van der Waals surface area (Å²) in [5.74, 6) is 0.699. The van der Waals surface area contributed by atoms with Crippen molar-refractivity contribution in [1.29, 1.82) is 0 Å². The number of rotatable bonds is 5. The highest BCUT2D eigenvalue weighted by Crippen LogP contribution is 2.22. The van der Waals surface area contributed by atoms with E-state index < -0.39 is 9.84 Å². The lowest BCUT2D eigenvalue weighted by molar-refractivity contribution is -0.117. The zero-order chi connectivity index (χ0) is 20.4. The number of carbonyl (C=O) groups is 1. The first-order chi connectivity index (χ1) is 13.1. The van der Waals surface area contributed by atoms with Gasteiger partial charge in [0.05, 0.1) is 30.8 Å². The molecule has 0 radical (unpaired) electrons. The largest absolute Gasteiger partial charge is 0.310 e. The van der Waals surface area contributed by atoms with Crippen molar-refractivity contribution >= 4 is 21.6 Å². The third-order valence-corrected chi connectivity index (χ3v) is 6.55. The molecule has 8 heteroatoms. The third-order valence-electron chi connectivity index (χ3n) is 4.94. The number of carbonyl (C=O) groups excluding carboxylic acids is 1. The minimum atomic E-state index is -2.94. The van der Waals surface area contributed by atoms with Crippen LogP contribution in [0.4, 0.5) is 5.82 Å². The second kappa shape index (κ2) is 8.05. The SMILES string of the molecule is CC(C)(C)c1ccc(Cn2nccc2NC(=O)CN2CCS(=O)(=O)CC2)cc1. The first-order valence-electron chi connectivity index (χ1n) is 9.46. The molecule has 1 aliphatic rings. The topological polar surface area (TPSA) is 84.3 Å².